The summed E-state index contributed by atoms with van der Waals surface area (Å²) in [5.74, 6) is 1.23. The molecule has 1 N–H and O–H groups in total. The number of nitrogens with one attached hydrogen (secondary N) is 1. The Kier molecular flexibility index (Phi) is 4.61. The van der Waals surface area contributed by atoms with Crippen molar-refractivity contribution in [3.8, 4) is 11.5 Å². The second kappa shape index (κ2) is 7.23. The van der Waals surface area contributed by atoms with Crippen molar-refractivity contribution in [2.45, 2.75) is 13.1 Å². The van der Waals surface area contributed by atoms with E-state index in [9.17, 15) is 4.79 Å². The highest BCUT2D eigenvalue weighted by molar-refractivity contribution is 6.11. The van der Waals surface area contributed by atoms with E-state index in [0.717, 1.165) is 16.9 Å². The molecule has 6 heteroatoms. The summed E-state index contributed by atoms with van der Waals surface area (Å²) in [4.78, 5) is 19.3. The van der Waals surface area contributed by atoms with Crippen molar-refractivity contribution >= 4 is 17.3 Å². The lowest BCUT2D eigenvalue weighted by atomic mass is 10.2. The Bertz CT molecular complexity index is 1020. The van der Waals surface area contributed by atoms with Crippen LogP contribution in [0, 0.1) is 6.92 Å². The SMILES string of the molecule is COc1ccc(N[C@H]2c3ncccc3C(=O)N2c2ccc(C)cc2)c(OC)c1. The summed E-state index contributed by atoms with van der Waals surface area (Å²) in [7, 11) is 3.21. The summed E-state index contributed by atoms with van der Waals surface area (Å²) in [5, 5.41) is 3.42. The van der Waals surface area contributed by atoms with Gasteiger partial charge in [-0.2, -0.15) is 0 Å². The van der Waals surface area contributed by atoms with Gasteiger partial charge >= 0.3 is 0 Å². The Morgan fingerprint density at radius 2 is 1.82 bits per heavy atom. The molecule has 6 nitrogen and oxygen atoms in total. The fourth-order valence-electron chi connectivity index (χ4n) is 3.36. The molecule has 0 unspecified atom stereocenters. The fraction of sp³-hybridized carbons (Fsp3) is 0.182. The minimum absolute atomic E-state index is 0.0862. The molecule has 0 saturated carbocycles. The van der Waals surface area contributed by atoms with Gasteiger partial charge < -0.3 is 14.8 Å². The molecule has 142 valence electrons. The number of aryl methyl sites for hydroxylation is 1. The molecule has 1 atom stereocenters. The first-order chi connectivity index (χ1) is 13.6. The number of rotatable bonds is 5. The van der Waals surface area contributed by atoms with Gasteiger partial charge in [-0.3, -0.25) is 14.7 Å². The molecule has 1 aromatic heterocycles. The Hall–Kier alpha value is -3.54. The molecule has 0 bridgehead atoms. The van der Waals surface area contributed by atoms with Gasteiger partial charge in [-0.25, -0.2) is 0 Å². The van der Waals surface area contributed by atoms with Crippen LogP contribution in [0.25, 0.3) is 0 Å². The molecule has 0 saturated heterocycles. The number of carbonyl (C=O) groups is 1. The van der Waals surface area contributed by atoms with Crippen LogP contribution in [0.4, 0.5) is 11.4 Å². The lowest BCUT2D eigenvalue weighted by molar-refractivity contribution is 0.0993. The number of aromatic nitrogens is 1. The van der Waals surface area contributed by atoms with Gasteiger partial charge in [-0.15, -0.1) is 0 Å². The summed E-state index contributed by atoms with van der Waals surface area (Å²) in [6, 6.07) is 17.0. The minimum atomic E-state index is -0.450. The monoisotopic (exact) mass is 375 g/mol. The highest BCUT2D eigenvalue weighted by atomic mass is 16.5. The molecule has 2 heterocycles. The maximum atomic E-state index is 13.1. The number of methoxy groups -OCH3 is 2. The zero-order valence-electron chi connectivity index (χ0n) is 16.0. The third kappa shape index (κ3) is 3.03. The number of pyridine rings is 1. The maximum Gasteiger partial charge on any atom is 0.262 e. The van der Waals surface area contributed by atoms with Gasteiger partial charge in [-0.1, -0.05) is 17.7 Å². The summed E-state index contributed by atoms with van der Waals surface area (Å²) < 4.78 is 10.8. The van der Waals surface area contributed by atoms with E-state index < -0.39 is 6.17 Å². The van der Waals surface area contributed by atoms with E-state index in [0.29, 0.717) is 22.8 Å². The number of amides is 1. The van der Waals surface area contributed by atoms with Crippen LogP contribution in [0.3, 0.4) is 0 Å². The molecular weight excluding hydrogens is 354 g/mol. The average Bonchev–Trinajstić information content (AvgIpc) is 3.01. The van der Waals surface area contributed by atoms with Crippen molar-refractivity contribution in [1.29, 1.82) is 0 Å². The Labute approximate surface area is 163 Å². The van der Waals surface area contributed by atoms with Crippen LogP contribution in [-0.2, 0) is 0 Å². The van der Waals surface area contributed by atoms with Crippen LogP contribution < -0.4 is 19.7 Å². The first kappa shape index (κ1) is 17.9. The van der Waals surface area contributed by atoms with Crippen LogP contribution in [-0.4, -0.2) is 25.1 Å². The van der Waals surface area contributed by atoms with E-state index in [1.54, 1.807) is 43.5 Å². The molecule has 0 spiro atoms. The molecule has 0 radical (unpaired) electrons. The molecule has 2 aromatic carbocycles. The van der Waals surface area contributed by atoms with Crippen molar-refractivity contribution in [2.75, 3.05) is 24.4 Å². The zero-order chi connectivity index (χ0) is 19.7. The Morgan fingerprint density at radius 1 is 1.04 bits per heavy atom. The van der Waals surface area contributed by atoms with Crippen molar-refractivity contribution in [3.05, 3.63) is 77.6 Å². The van der Waals surface area contributed by atoms with Crippen molar-refractivity contribution in [3.63, 3.8) is 0 Å². The number of fused-ring (bicyclic) bond motifs is 1. The molecule has 28 heavy (non-hydrogen) atoms. The van der Waals surface area contributed by atoms with E-state index in [-0.39, 0.29) is 5.91 Å². The Balaban J connectivity index is 1.78. The number of hydrogen-bond donors (Lipinski definition) is 1. The summed E-state index contributed by atoms with van der Waals surface area (Å²) in [6.45, 7) is 2.02. The van der Waals surface area contributed by atoms with Crippen LogP contribution in [0.1, 0.15) is 27.8 Å². The van der Waals surface area contributed by atoms with E-state index in [1.165, 1.54) is 0 Å². The fourth-order valence-corrected chi connectivity index (χ4v) is 3.36. The quantitative estimate of drug-likeness (QED) is 0.725. The molecule has 1 aliphatic rings. The smallest absolute Gasteiger partial charge is 0.262 e. The van der Waals surface area contributed by atoms with Crippen molar-refractivity contribution < 1.29 is 14.3 Å². The number of nitrogens with zero attached hydrogens (tertiary/aromatic N) is 2. The molecule has 0 aliphatic carbocycles. The number of benzene rings is 2. The highest BCUT2D eigenvalue weighted by Crippen LogP contribution is 2.39. The van der Waals surface area contributed by atoms with Crippen LogP contribution in [0.15, 0.2) is 60.8 Å². The van der Waals surface area contributed by atoms with Gasteiger partial charge in [0.1, 0.15) is 11.5 Å². The molecule has 0 fully saturated rings. The highest BCUT2D eigenvalue weighted by Gasteiger charge is 2.39. The minimum Gasteiger partial charge on any atom is -0.497 e. The van der Waals surface area contributed by atoms with E-state index >= 15 is 0 Å². The lowest BCUT2D eigenvalue weighted by Gasteiger charge is -2.27. The number of hydrogen-bond acceptors (Lipinski definition) is 5. The molecular formula is C22H21N3O3. The second-order valence-corrected chi connectivity index (χ2v) is 6.56. The van der Waals surface area contributed by atoms with E-state index in [2.05, 4.69) is 10.3 Å². The summed E-state index contributed by atoms with van der Waals surface area (Å²) in [6.07, 6.45) is 1.25. The summed E-state index contributed by atoms with van der Waals surface area (Å²) in [5.41, 5.74) is 3.96. The number of carbonyl (C=O) groups excluding carboxylic acids is 1. The second-order valence-electron chi connectivity index (χ2n) is 6.56. The first-order valence-electron chi connectivity index (χ1n) is 8.96. The molecule has 3 aromatic rings. The first-order valence-corrected chi connectivity index (χ1v) is 8.96. The average molecular weight is 375 g/mol. The number of anilines is 2. The normalized spacial score (nSPS) is 15.3. The Morgan fingerprint density at radius 3 is 2.54 bits per heavy atom. The van der Waals surface area contributed by atoms with Gasteiger partial charge in [0.15, 0.2) is 6.17 Å². The lowest BCUT2D eigenvalue weighted by Crippen LogP contribution is -2.32. The molecule has 4 rings (SSSR count). The third-order valence-electron chi connectivity index (χ3n) is 4.82. The van der Waals surface area contributed by atoms with E-state index in [4.69, 9.17) is 9.47 Å². The van der Waals surface area contributed by atoms with Gasteiger partial charge in [0, 0.05) is 18.0 Å². The predicted molar refractivity (Wildman–Crippen MR) is 108 cm³/mol. The van der Waals surface area contributed by atoms with Crippen molar-refractivity contribution in [1.82, 2.24) is 4.98 Å². The van der Waals surface area contributed by atoms with Crippen LogP contribution >= 0.6 is 0 Å². The third-order valence-corrected chi connectivity index (χ3v) is 4.82. The zero-order valence-corrected chi connectivity index (χ0v) is 16.0. The number of ether oxygens (including phenoxy) is 2. The maximum absolute atomic E-state index is 13.1. The van der Waals surface area contributed by atoms with Gasteiger partial charge in [0.05, 0.1) is 31.2 Å². The molecule has 1 amide bonds. The van der Waals surface area contributed by atoms with Crippen LogP contribution in [0.2, 0.25) is 0 Å². The molecule has 1 aliphatic heterocycles. The van der Waals surface area contributed by atoms with E-state index in [1.807, 2.05) is 43.3 Å². The van der Waals surface area contributed by atoms with Crippen molar-refractivity contribution in [2.24, 2.45) is 0 Å². The largest absolute Gasteiger partial charge is 0.497 e. The summed E-state index contributed by atoms with van der Waals surface area (Å²) >= 11 is 0. The van der Waals surface area contributed by atoms with Gasteiger partial charge in [-0.05, 0) is 43.3 Å². The standard InChI is InChI=1S/C22H21N3O3/c1-14-6-8-15(9-7-14)25-21(20-17(22(25)26)5-4-12-23-20)24-18-11-10-16(27-2)13-19(18)28-3/h4-13,21,24H,1-3H3/t21-/m1/s1. The van der Waals surface area contributed by atoms with Crippen LogP contribution in [0.5, 0.6) is 11.5 Å². The topological polar surface area (TPSA) is 63.7 Å². The van der Waals surface area contributed by atoms with Gasteiger partial charge in [0.25, 0.3) is 5.91 Å². The predicted octanol–water partition coefficient (Wildman–Crippen LogP) is 4.18. The van der Waals surface area contributed by atoms with Gasteiger partial charge in [0.2, 0.25) is 0 Å².